The summed E-state index contributed by atoms with van der Waals surface area (Å²) in [4.78, 5) is 3.52. The van der Waals surface area contributed by atoms with Crippen LogP contribution in [-0.4, -0.2) is 0 Å². The van der Waals surface area contributed by atoms with E-state index in [0.29, 0.717) is 28.0 Å². The van der Waals surface area contributed by atoms with Crippen LogP contribution in [0.2, 0.25) is 0 Å². The lowest BCUT2D eigenvalue weighted by Gasteiger charge is -2.08. The molecule has 5 rings (SSSR count). The third-order valence-electron chi connectivity index (χ3n) is 6.32. The van der Waals surface area contributed by atoms with E-state index < -0.39 is 5.82 Å². The summed E-state index contributed by atoms with van der Waals surface area (Å²) in [7, 11) is 2.04. The molecular weight excluding hydrogens is 411 g/mol. The van der Waals surface area contributed by atoms with Crippen LogP contribution in [-0.2, 0) is 7.05 Å². The number of halogens is 1. The summed E-state index contributed by atoms with van der Waals surface area (Å²) < 4.78 is 23.7. The Hall–Kier alpha value is -3.97. The van der Waals surface area contributed by atoms with E-state index in [-0.39, 0.29) is 5.69 Å². The summed E-state index contributed by atoms with van der Waals surface area (Å²) in [5, 5.41) is 1.52. The molecule has 0 fully saturated rings. The van der Waals surface area contributed by atoms with Gasteiger partial charge in [0.1, 0.15) is 24.0 Å². The van der Waals surface area contributed by atoms with Gasteiger partial charge in [0, 0.05) is 28.0 Å². The van der Waals surface area contributed by atoms with E-state index in [1.54, 1.807) is 0 Å². The standard InChI is InChI=1S/C29H24FN2O/c1-17(2)20-12-14-24(32(5)16-20)25-18(3)11-13-21-22-15-23(30)27(31-4)26(29(22)33-28(21)25)19-9-7-6-8-10-19/h6-17H,1-3,5H3/q+1. The van der Waals surface area contributed by atoms with Crippen molar-refractivity contribution in [3.8, 4) is 22.4 Å². The van der Waals surface area contributed by atoms with Gasteiger partial charge in [-0.1, -0.05) is 56.3 Å². The minimum Gasteiger partial charge on any atom is -0.456 e. The number of furan rings is 1. The van der Waals surface area contributed by atoms with Gasteiger partial charge in [-0.3, -0.25) is 0 Å². The Morgan fingerprint density at radius 3 is 2.33 bits per heavy atom. The first-order valence-corrected chi connectivity index (χ1v) is 11.0. The van der Waals surface area contributed by atoms with Gasteiger partial charge in [-0.05, 0) is 36.1 Å². The maximum atomic E-state index is 15.1. The Morgan fingerprint density at radius 1 is 0.939 bits per heavy atom. The zero-order chi connectivity index (χ0) is 23.3. The van der Waals surface area contributed by atoms with Crippen molar-refractivity contribution >= 4 is 27.6 Å². The van der Waals surface area contributed by atoms with Gasteiger partial charge in [-0.2, -0.15) is 0 Å². The van der Waals surface area contributed by atoms with Crippen LogP contribution in [0.25, 0.3) is 49.2 Å². The third-order valence-corrected chi connectivity index (χ3v) is 6.32. The smallest absolute Gasteiger partial charge is 0.233 e. The zero-order valence-corrected chi connectivity index (χ0v) is 19.1. The lowest BCUT2D eigenvalue weighted by atomic mass is 9.97. The largest absolute Gasteiger partial charge is 0.456 e. The van der Waals surface area contributed by atoms with Gasteiger partial charge >= 0.3 is 0 Å². The minimum atomic E-state index is -0.534. The van der Waals surface area contributed by atoms with Crippen molar-refractivity contribution in [2.75, 3.05) is 0 Å². The summed E-state index contributed by atoms with van der Waals surface area (Å²) in [5.41, 5.74) is 6.81. The second-order valence-corrected chi connectivity index (χ2v) is 8.79. The average Bonchev–Trinajstić information content (AvgIpc) is 3.16. The highest BCUT2D eigenvalue weighted by molar-refractivity contribution is 6.15. The van der Waals surface area contributed by atoms with Crippen LogP contribution in [0, 0.1) is 19.3 Å². The molecule has 2 aromatic heterocycles. The van der Waals surface area contributed by atoms with E-state index in [1.165, 1.54) is 11.6 Å². The van der Waals surface area contributed by atoms with Gasteiger partial charge in [0.25, 0.3) is 0 Å². The molecule has 0 atom stereocenters. The number of aryl methyl sites for hydroxylation is 2. The Balaban J connectivity index is 1.89. The molecule has 162 valence electrons. The number of hydrogen-bond acceptors (Lipinski definition) is 1. The highest BCUT2D eigenvalue weighted by atomic mass is 19.1. The van der Waals surface area contributed by atoms with Crippen molar-refractivity contribution in [2.24, 2.45) is 7.05 Å². The average molecular weight is 436 g/mol. The summed E-state index contributed by atoms with van der Waals surface area (Å²) in [5.74, 6) is -0.107. The fourth-order valence-corrected chi connectivity index (χ4v) is 4.56. The molecule has 33 heavy (non-hydrogen) atoms. The fourth-order valence-electron chi connectivity index (χ4n) is 4.56. The van der Waals surface area contributed by atoms with Crippen molar-refractivity contribution in [2.45, 2.75) is 26.7 Å². The number of fused-ring (bicyclic) bond motifs is 3. The number of pyridine rings is 1. The first-order valence-electron chi connectivity index (χ1n) is 11.0. The van der Waals surface area contributed by atoms with Gasteiger partial charge < -0.3 is 4.42 Å². The SMILES string of the molecule is [C-]#[N+]c1c(F)cc2c(oc3c(-c4ccc(C(C)C)c[n+]4C)c(C)ccc32)c1-c1ccccc1. The molecule has 0 amide bonds. The Kier molecular flexibility index (Phi) is 4.98. The van der Waals surface area contributed by atoms with Crippen LogP contribution >= 0.6 is 0 Å². The lowest BCUT2D eigenvalue weighted by molar-refractivity contribution is -0.660. The highest BCUT2D eigenvalue weighted by Crippen LogP contribution is 2.45. The fraction of sp³-hybridized carbons (Fsp3) is 0.172. The van der Waals surface area contributed by atoms with Crippen LogP contribution in [0.3, 0.4) is 0 Å². The topological polar surface area (TPSA) is 21.4 Å². The van der Waals surface area contributed by atoms with Crippen LogP contribution in [0.15, 0.2) is 71.3 Å². The molecule has 3 nitrogen and oxygen atoms in total. The van der Waals surface area contributed by atoms with Crippen molar-refractivity contribution in [1.82, 2.24) is 0 Å². The molecule has 0 unspecified atom stereocenters. The summed E-state index contributed by atoms with van der Waals surface area (Å²) in [6.07, 6.45) is 2.15. The van der Waals surface area contributed by atoms with Crippen molar-refractivity contribution < 1.29 is 13.4 Å². The normalized spacial score (nSPS) is 11.4. The minimum absolute atomic E-state index is 0.0159. The third kappa shape index (κ3) is 3.29. The predicted octanol–water partition coefficient (Wildman–Crippen LogP) is 7.87. The van der Waals surface area contributed by atoms with Crippen LogP contribution < -0.4 is 4.57 Å². The second kappa shape index (κ2) is 7.86. The molecule has 0 radical (unpaired) electrons. The number of nitrogens with zero attached hydrogens (tertiary/aromatic N) is 2. The molecule has 0 saturated carbocycles. The maximum absolute atomic E-state index is 15.1. The molecule has 0 aliphatic rings. The van der Waals surface area contributed by atoms with E-state index >= 15 is 4.39 Å². The van der Waals surface area contributed by atoms with E-state index in [4.69, 9.17) is 11.0 Å². The zero-order valence-electron chi connectivity index (χ0n) is 19.1. The summed E-state index contributed by atoms with van der Waals surface area (Å²) in [6.45, 7) is 14.0. The lowest BCUT2D eigenvalue weighted by Crippen LogP contribution is -2.31. The molecule has 0 saturated heterocycles. The van der Waals surface area contributed by atoms with E-state index in [2.05, 4.69) is 48.5 Å². The molecular formula is C29H24FN2O+. The van der Waals surface area contributed by atoms with E-state index in [0.717, 1.165) is 27.8 Å². The van der Waals surface area contributed by atoms with Gasteiger partial charge in [0.05, 0.1) is 12.1 Å². The van der Waals surface area contributed by atoms with Crippen LogP contribution in [0.5, 0.6) is 0 Å². The van der Waals surface area contributed by atoms with Crippen LogP contribution in [0.1, 0.15) is 30.9 Å². The summed E-state index contributed by atoms with van der Waals surface area (Å²) in [6, 6.07) is 19.2. The predicted molar refractivity (Wildman–Crippen MR) is 131 cm³/mol. The van der Waals surface area contributed by atoms with Gasteiger partial charge in [-0.15, -0.1) is 0 Å². The first-order chi connectivity index (χ1) is 15.9. The van der Waals surface area contributed by atoms with E-state index in [9.17, 15) is 0 Å². The van der Waals surface area contributed by atoms with Gasteiger partial charge in [0.15, 0.2) is 6.20 Å². The number of aromatic nitrogens is 1. The molecule has 0 bridgehead atoms. The summed E-state index contributed by atoms with van der Waals surface area (Å²) >= 11 is 0. The number of hydrogen-bond donors (Lipinski definition) is 0. The quantitative estimate of drug-likeness (QED) is 0.209. The van der Waals surface area contributed by atoms with Crippen LogP contribution in [0.4, 0.5) is 10.1 Å². The highest BCUT2D eigenvalue weighted by Gasteiger charge is 2.25. The van der Waals surface area contributed by atoms with Gasteiger partial charge in [-0.25, -0.2) is 13.8 Å². The van der Waals surface area contributed by atoms with Crippen molar-refractivity contribution in [1.29, 1.82) is 0 Å². The molecule has 0 aliphatic heterocycles. The number of benzene rings is 3. The molecule has 0 N–H and O–H groups in total. The molecule has 5 aromatic rings. The Bertz CT molecular complexity index is 1570. The monoisotopic (exact) mass is 435 g/mol. The van der Waals surface area contributed by atoms with Gasteiger partial charge in [0.2, 0.25) is 11.4 Å². The maximum Gasteiger partial charge on any atom is 0.233 e. The molecule has 0 spiro atoms. The van der Waals surface area contributed by atoms with E-state index in [1.807, 2.05) is 49.5 Å². The first kappa shape index (κ1) is 20.9. The molecule has 0 aliphatic carbocycles. The number of rotatable bonds is 3. The molecule has 4 heteroatoms. The van der Waals surface area contributed by atoms with Crippen molar-refractivity contribution in [3.63, 3.8) is 0 Å². The second-order valence-electron chi connectivity index (χ2n) is 8.79. The Morgan fingerprint density at radius 2 is 1.67 bits per heavy atom. The van der Waals surface area contributed by atoms with Crippen molar-refractivity contribution in [3.05, 3.63) is 95.2 Å². The molecule has 3 aromatic carbocycles. The Labute approximate surface area is 192 Å². The molecule has 2 heterocycles.